The summed E-state index contributed by atoms with van der Waals surface area (Å²) < 4.78 is 0. The number of rotatable bonds is 4. The average molecular weight is 250 g/mol. The molecule has 1 amide bonds. The van der Waals surface area contributed by atoms with Crippen LogP contribution in [0.25, 0.3) is 0 Å². The molecule has 0 aliphatic heterocycles. The second-order valence-electron chi connectivity index (χ2n) is 3.78. The van der Waals surface area contributed by atoms with E-state index in [-0.39, 0.29) is 0 Å². The van der Waals surface area contributed by atoms with Gasteiger partial charge >= 0.3 is 5.97 Å². The van der Waals surface area contributed by atoms with Crippen molar-refractivity contribution in [2.75, 3.05) is 0 Å². The third-order valence-electron chi connectivity index (χ3n) is 2.04. The van der Waals surface area contributed by atoms with Crippen LogP contribution in [0.2, 0.25) is 0 Å². The zero-order valence-electron chi connectivity index (χ0n) is 10.3. The molecule has 0 unspecified atom stereocenters. The monoisotopic (exact) mass is 250 g/mol. The first kappa shape index (κ1) is 15.9. The molecule has 0 fully saturated rings. The number of carbonyl (C=O) groups is 2. The zero-order valence-corrected chi connectivity index (χ0v) is 10.3. The molecule has 5 heteroatoms. The molecule has 18 heavy (non-hydrogen) atoms. The molecule has 0 aromatic heterocycles. The highest BCUT2D eigenvalue weighted by molar-refractivity contribution is 5.90. The van der Waals surface area contributed by atoms with Gasteiger partial charge in [-0.2, -0.15) is 0 Å². The van der Waals surface area contributed by atoms with Crippen molar-refractivity contribution >= 4 is 11.9 Å². The molecule has 1 atom stereocenters. The van der Waals surface area contributed by atoms with Gasteiger partial charge < -0.3 is 16.6 Å². The number of aliphatic carboxylic acids is 1. The molecular weight excluding hydrogens is 232 g/mol. The minimum Gasteiger partial charge on any atom is -0.480 e. The van der Waals surface area contributed by atoms with Gasteiger partial charge in [0.1, 0.15) is 6.04 Å². The number of amides is 1. The third-order valence-corrected chi connectivity index (χ3v) is 2.04. The maximum Gasteiger partial charge on any atom is 0.320 e. The van der Waals surface area contributed by atoms with E-state index in [0.717, 1.165) is 5.56 Å². The molecule has 5 N–H and O–H groups in total. The van der Waals surface area contributed by atoms with E-state index in [1.54, 1.807) is 6.92 Å². The van der Waals surface area contributed by atoms with Gasteiger partial charge in [0.15, 0.2) is 0 Å². The van der Waals surface area contributed by atoms with Crippen LogP contribution < -0.4 is 11.5 Å². The molecule has 1 aromatic rings. The largest absolute Gasteiger partial charge is 0.480 e. The number of carbonyl (C=O) groups excluding carboxylic acids is 1. The van der Waals surface area contributed by atoms with Gasteiger partial charge in [0.25, 0.3) is 0 Å². The van der Waals surface area contributed by atoms with Gasteiger partial charge in [0.05, 0.1) is 0 Å². The van der Waals surface area contributed by atoms with Crippen LogP contribution in [0.5, 0.6) is 0 Å². The molecule has 0 aliphatic rings. The first-order valence-corrected chi connectivity index (χ1v) is 5.32. The predicted octanol–water partition coefficient (Wildman–Crippen LogP) is 0.689. The SMILES string of the molecule is C=C(C)C(N)=O.N[C@H](Cc1ccccc1)C(=O)O. The highest BCUT2D eigenvalue weighted by Gasteiger charge is 2.10. The van der Waals surface area contributed by atoms with Crippen molar-refractivity contribution in [1.82, 2.24) is 0 Å². The summed E-state index contributed by atoms with van der Waals surface area (Å²) in [6, 6.07) is 8.54. The maximum atomic E-state index is 10.4. The van der Waals surface area contributed by atoms with Gasteiger partial charge in [-0.1, -0.05) is 36.9 Å². The van der Waals surface area contributed by atoms with Gasteiger partial charge in [-0.15, -0.1) is 0 Å². The Labute approximate surface area is 106 Å². The summed E-state index contributed by atoms with van der Waals surface area (Å²) >= 11 is 0. The van der Waals surface area contributed by atoms with Crippen molar-refractivity contribution < 1.29 is 14.7 Å². The Bertz CT molecular complexity index is 404. The van der Waals surface area contributed by atoms with Crippen LogP contribution in [-0.2, 0) is 16.0 Å². The van der Waals surface area contributed by atoms with E-state index in [9.17, 15) is 9.59 Å². The standard InChI is InChI=1S/C9H11NO2.C4H7NO/c10-8(9(11)12)6-7-4-2-1-3-5-7;1-3(2)4(5)6/h1-5,8H,6,10H2,(H,11,12);1H2,2H3,(H2,5,6)/t8-;/m1./s1. The fourth-order valence-electron chi connectivity index (χ4n) is 0.955. The van der Waals surface area contributed by atoms with E-state index >= 15 is 0 Å². The summed E-state index contributed by atoms with van der Waals surface area (Å²) in [6.45, 7) is 4.85. The highest BCUT2D eigenvalue weighted by Crippen LogP contribution is 2.01. The number of carboxylic acids is 1. The summed E-state index contributed by atoms with van der Waals surface area (Å²) in [5.74, 6) is -1.39. The number of nitrogens with two attached hydrogens (primary N) is 2. The molecule has 0 saturated carbocycles. The van der Waals surface area contributed by atoms with E-state index in [1.165, 1.54) is 0 Å². The van der Waals surface area contributed by atoms with E-state index in [1.807, 2.05) is 30.3 Å². The van der Waals surface area contributed by atoms with Crippen molar-refractivity contribution in [3.8, 4) is 0 Å². The van der Waals surface area contributed by atoms with Gasteiger partial charge in [-0.25, -0.2) is 0 Å². The predicted molar refractivity (Wildman–Crippen MR) is 69.8 cm³/mol. The molecule has 98 valence electrons. The van der Waals surface area contributed by atoms with Gasteiger partial charge in [0.2, 0.25) is 5.91 Å². The Morgan fingerprint density at radius 2 is 1.78 bits per heavy atom. The van der Waals surface area contributed by atoms with Gasteiger partial charge in [-0.3, -0.25) is 9.59 Å². The van der Waals surface area contributed by atoms with Crippen LogP contribution in [0.4, 0.5) is 0 Å². The Hall–Kier alpha value is -2.14. The van der Waals surface area contributed by atoms with Crippen LogP contribution >= 0.6 is 0 Å². The number of hydrogen-bond donors (Lipinski definition) is 3. The van der Waals surface area contributed by atoms with Crippen LogP contribution in [0, 0.1) is 0 Å². The Morgan fingerprint density at radius 3 is 2.11 bits per heavy atom. The molecule has 0 aliphatic carbocycles. The van der Waals surface area contributed by atoms with E-state index in [0.29, 0.717) is 12.0 Å². The van der Waals surface area contributed by atoms with Crippen molar-refractivity contribution in [1.29, 1.82) is 0 Å². The zero-order chi connectivity index (χ0) is 14.1. The number of benzene rings is 1. The summed E-state index contributed by atoms with van der Waals surface area (Å²) in [5.41, 5.74) is 11.4. The summed E-state index contributed by atoms with van der Waals surface area (Å²) in [4.78, 5) is 20.2. The smallest absolute Gasteiger partial charge is 0.320 e. The lowest BCUT2D eigenvalue weighted by Crippen LogP contribution is -2.32. The summed E-state index contributed by atoms with van der Waals surface area (Å²) in [5, 5.41) is 8.52. The lowest BCUT2D eigenvalue weighted by Gasteiger charge is -2.04. The summed E-state index contributed by atoms with van der Waals surface area (Å²) in [7, 11) is 0. The van der Waals surface area contributed by atoms with Crippen molar-refractivity contribution in [2.45, 2.75) is 19.4 Å². The molecule has 1 aromatic carbocycles. The minimum atomic E-state index is -0.959. The Kier molecular flexibility index (Phi) is 7.07. The van der Waals surface area contributed by atoms with Crippen molar-refractivity contribution in [3.63, 3.8) is 0 Å². The van der Waals surface area contributed by atoms with Crippen molar-refractivity contribution in [2.24, 2.45) is 11.5 Å². The molecule has 0 heterocycles. The molecule has 0 saturated heterocycles. The number of hydrogen-bond acceptors (Lipinski definition) is 3. The topological polar surface area (TPSA) is 106 Å². The van der Waals surface area contributed by atoms with E-state index < -0.39 is 17.9 Å². The van der Waals surface area contributed by atoms with Crippen LogP contribution in [0.3, 0.4) is 0 Å². The normalized spacial score (nSPS) is 10.8. The quantitative estimate of drug-likeness (QED) is 0.683. The van der Waals surface area contributed by atoms with E-state index in [2.05, 4.69) is 6.58 Å². The first-order chi connectivity index (χ1) is 8.34. The third kappa shape index (κ3) is 7.19. The van der Waals surface area contributed by atoms with Crippen molar-refractivity contribution in [3.05, 3.63) is 48.0 Å². The Balaban J connectivity index is 0.000000411. The molecule has 1 rings (SSSR count). The molecular formula is C13H18N2O3. The second-order valence-corrected chi connectivity index (χ2v) is 3.78. The van der Waals surface area contributed by atoms with Crippen LogP contribution in [0.1, 0.15) is 12.5 Å². The van der Waals surface area contributed by atoms with Crippen LogP contribution in [-0.4, -0.2) is 23.0 Å². The lowest BCUT2D eigenvalue weighted by molar-refractivity contribution is -0.138. The highest BCUT2D eigenvalue weighted by atomic mass is 16.4. The first-order valence-electron chi connectivity index (χ1n) is 5.32. The van der Waals surface area contributed by atoms with Gasteiger partial charge in [0, 0.05) is 5.57 Å². The van der Waals surface area contributed by atoms with E-state index in [4.69, 9.17) is 16.6 Å². The lowest BCUT2D eigenvalue weighted by atomic mass is 10.1. The number of carboxylic acid groups (broad SMARTS) is 1. The molecule has 0 bridgehead atoms. The number of primary amides is 1. The maximum absolute atomic E-state index is 10.4. The Morgan fingerprint density at radius 1 is 1.33 bits per heavy atom. The fourth-order valence-corrected chi connectivity index (χ4v) is 0.955. The van der Waals surface area contributed by atoms with Gasteiger partial charge in [-0.05, 0) is 18.9 Å². The molecule has 0 radical (unpaired) electrons. The minimum absolute atomic E-state index is 0.385. The fraction of sp³-hybridized carbons (Fsp3) is 0.231. The second kappa shape index (κ2) is 8.03. The summed E-state index contributed by atoms with van der Waals surface area (Å²) in [6.07, 6.45) is 0.385. The molecule has 0 spiro atoms. The molecule has 5 nitrogen and oxygen atoms in total. The van der Waals surface area contributed by atoms with Crippen LogP contribution in [0.15, 0.2) is 42.5 Å². The average Bonchev–Trinajstić information content (AvgIpc) is 2.30.